The van der Waals surface area contributed by atoms with Gasteiger partial charge in [0.05, 0.1) is 11.6 Å². The molecule has 0 radical (unpaired) electrons. The summed E-state index contributed by atoms with van der Waals surface area (Å²) in [6, 6.07) is 9.16. The van der Waals surface area contributed by atoms with Crippen LogP contribution in [-0.2, 0) is 13.0 Å². The smallest absolute Gasteiger partial charge is 0.342 e. The molecule has 4 atom stereocenters. The Kier molecular flexibility index (Phi) is 6.01. The lowest BCUT2D eigenvalue weighted by Gasteiger charge is -2.49. The second kappa shape index (κ2) is 9.25. The molecule has 3 aromatic rings. The number of Topliss-reactive ketones (excluding diaryl/α,β-unsaturated/α-hetero) is 2. The molecule has 0 amide bonds. The van der Waals surface area contributed by atoms with Crippen LogP contribution in [0.4, 0.5) is 4.39 Å². The van der Waals surface area contributed by atoms with Gasteiger partial charge in [0, 0.05) is 11.5 Å². The van der Waals surface area contributed by atoms with Crippen molar-refractivity contribution in [1.29, 1.82) is 0 Å². The van der Waals surface area contributed by atoms with Gasteiger partial charge in [-0.3, -0.25) is 14.5 Å². The molecule has 6 rings (SSSR count). The molecule has 0 bridgehead atoms. The first-order chi connectivity index (χ1) is 19.5. The lowest BCUT2D eigenvalue weighted by Crippen LogP contribution is -2.59. The Hall–Kier alpha value is -4.55. The normalized spacial score (nSPS) is 25.0. The first-order valence-electron chi connectivity index (χ1n) is 12.8. The number of fused-ring (bicyclic) bond motifs is 4. The van der Waals surface area contributed by atoms with Crippen LogP contribution in [0.5, 0.6) is 11.6 Å². The Morgan fingerprint density at radius 3 is 2.56 bits per heavy atom. The third-order valence-electron chi connectivity index (χ3n) is 8.27. The molecule has 4 N–H and O–H groups in total. The van der Waals surface area contributed by atoms with Gasteiger partial charge >= 0.3 is 5.97 Å². The van der Waals surface area contributed by atoms with Crippen LogP contribution in [-0.4, -0.2) is 67.7 Å². The number of ether oxygens (including phenoxy) is 1. The molecule has 11 nitrogen and oxygen atoms in total. The fraction of sp³-hybridized carbons (Fsp3) is 0.310. The van der Waals surface area contributed by atoms with Crippen molar-refractivity contribution in [2.24, 2.45) is 11.8 Å². The average Bonchev–Trinajstić information content (AvgIpc) is 3.33. The number of hydrogen-bond donors (Lipinski definition) is 4. The standard InChI is InChI=1S/C29H25FN2O9/c1-32(2)21-15-9-13-8-14-10-16(30)19(28(37)38)23(34)17(14)22(33)18(13)25(35)29(15,39)26(36)20-24(21)41-31-27(20)40-11-12-6-4-3-5-7-12/h3-7,10,13,15,21,34-35,39H,8-9,11H2,1-2H3,(H,37,38)/t13-,15-,21-,29-/m0/s1. The molecule has 0 fully saturated rings. The van der Waals surface area contributed by atoms with E-state index in [1.54, 1.807) is 19.0 Å². The summed E-state index contributed by atoms with van der Waals surface area (Å²) in [6.07, 6.45) is -0.0560. The summed E-state index contributed by atoms with van der Waals surface area (Å²) in [4.78, 5) is 40.9. The predicted molar refractivity (Wildman–Crippen MR) is 137 cm³/mol. The lowest BCUT2D eigenvalue weighted by molar-refractivity contribution is -0.0559. The van der Waals surface area contributed by atoms with Gasteiger partial charge in [-0.05, 0) is 55.2 Å². The molecular formula is C29H25FN2O9. The highest BCUT2D eigenvalue weighted by molar-refractivity contribution is 6.17. The summed E-state index contributed by atoms with van der Waals surface area (Å²) in [5.74, 6) is -8.79. The largest absolute Gasteiger partial charge is 0.508 e. The van der Waals surface area contributed by atoms with Crippen LogP contribution in [0.15, 0.2) is 52.3 Å². The van der Waals surface area contributed by atoms with Crippen LogP contribution < -0.4 is 4.74 Å². The number of allylic oxidation sites excluding steroid dienone is 1. The molecule has 0 spiro atoms. The van der Waals surface area contributed by atoms with Gasteiger partial charge in [0.2, 0.25) is 5.78 Å². The van der Waals surface area contributed by atoms with Crippen molar-refractivity contribution in [3.8, 4) is 11.6 Å². The summed E-state index contributed by atoms with van der Waals surface area (Å²) in [5, 5.41) is 47.4. The third kappa shape index (κ3) is 3.71. The van der Waals surface area contributed by atoms with E-state index in [-0.39, 0.29) is 47.8 Å². The molecule has 2 aromatic carbocycles. The van der Waals surface area contributed by atoms with E-state index in [9.17, 15) is 39.2 Å². The quantitative estimate of drug-likeness (QED) is 0.359. The summed E-state index contributed by atoms with van der Waals surface area (Å²) < 4.78 is 25.9. The highest BCUT2D eigenvalue weighted by atomic mass is 19.1. The average molecular weight is 565 g/mol. The second-order valence-electron chi connectivity index (χ2n) is 10.8. The highest BCUT2D eigenvalue weighted by Gasteiger charge is 2.64. The Balaban J connectivity index is 1.48. The number of aliphatic hydroxyl groups excluding tert-OH is 1. The summed E-state index contributed by atoms with van der Waals surface area (Å²) in [5.41, 5.74) is -3.85. The number of hydrogen-bond acceptors (Lipinski definition) is 10. The molecule has 0 saturated carbocycles. The maximum Gasteiger partial charge on any atom is 0.342 e. The number of aromatic carboxylic acids is 1. The minimum atomic E-state index is -2.59. The zero-order valence-electron chi connectivity index (χ0n) is 21.9. The van der Waals surface area contributed by atoms with Gasteiger partial charge < -0.3 is 29.7 Å². The SMILES string of the molecule is CN(C)[C@@H]1c2onc(OCc3ccccc3)c2C(=O)[C@@]2(O)C(O)=C3C(=O)c4c(cc(F)c(C(=O)O)c4O)C[C@H]3C[C@@H]12. The topological polar surface area (TPSA) is 171 Å². The van der Waals surface area contributed by atoms with E-state index < -0.39 is 69.5 Å². The predicted octanol–water partition coefficient (Wildman–Crippen LogP) is 3.21. The molecule has 41 heavy (non-hydrogen) atoms. The Morgan fingerprint density at radius 1 is 1.20 bits per heavy atom. The van der Waals surface area contributed by atoms with Crippen molar-refractivity contribution in [2.45, 2.75) is 31.1 Å². The number of aromatic hydroxyl groups is 1. The third-order valence-corrected chi connectivity index (χ3v) is 8.27. The number of ketones is 2. The van der Waals surface area contributed by atoms with Gasteiger partial charge in [-0.1, -0.05) is 30.3 Å². The van der Waals surface area contributed by atoms with E-state index in [0.29, 0.717) is 0 Å². The number of nitrogens with zero attached hydrogens (tertiary/aromatic N) is 2. The Labute approximate surface area is 232 Å². The van der Waals surface area contributed by atoms with E-state index in [1.165, 1.54) is 0 Å². The molecule has 212 valence electrons. The minimum Gasteiger partial charge on any atom is -0.508 e. The Morgan fingerprint density at radius 2 is 1.90 bits per heavy atom. The van der Waals surface area contributed by atoms with Crippen molar-refractivity contribution >= 4 is 17.5 Å². The first-order valence-corrected chi connectivity index (χ1v) is 12.8. The van der Waals surface area contributed by atoms with Crippen LogP contribution >= 0.6 is 0 Å². The molecule has 0 aliphatic heterocycles. The number of carbonyl (C=O) groups excluding carboxylic acids is 2. The number of rotatable bonds is 5. The van der Waals surface area contributed by atoms with E-state index in [2.05, 4.69) is 5.16 Å². The van der Waals surface area contributed by atoms with Crippen molar-refractivity contribution in [3.63, 3.8) is 0 Å². The monoisotopic (exact) mass is 564 g/mol. The van der Waals surface area contributed by atoms with E-state index in [1.807, 2.05) is 30.3 Å². The van der Waals surface area contributed by atoms with E-state index in [4.69, 9.17) is 9.26 Å². The van der Waals surface area contributed by atoms with Crippen LogP contribution in [0.2, 0.25) is 0 Å². The maximum absolute atomic E-state index is 14.6. The van der Waals surface area contributed by atoms with Crippen LogP contribution in [0, 0.1) is 17.7 Å². The number of carboxylic acids is 1. The molecule has 1 aromatic heterocycles. The van der Waals surface area contributed by atoms with Crippen molar-refractivity contribution in [2.75, 3.05) is 14.1 Å². The number of halogens is 1. The molecule has 1 heterocycles. The number of carbonyl (C=O) groups is 3. The number of phenols is 1. The number of carboxylic acid groups (broad SMARTS) is 1. The Bertz CT molecular complexity index is 1660. The van der Waals surface area contributed by atoms with E-state index in [0.717, 1.165) is 11.6 Å². The molecule has 12 heteroatoms. The zero-order chi connectivity index (χ0) is 29.4. The molecule has 0 unspecified atom stereocenters. The first kappa shape index (κ1) is 26.7. The number of benzene rings is 2. The van der Waals surface area contributed by atoms with Gasteiger partial charge in [-0.2, -0.15) is 0 Å². The van der Waals surface area contributed by atoms with Gasteiger partial charge in [0.15, 0.2) is 17.1 Å². The summed E-state index contributed by atoms with van der Waals surface area (Å²) >= 11 is 0. The molecule has 3 aliphatic rings. The van der Waals surface area contributed by atoms with Gasteiger partial charge in [-0.15, -0.1) is 0 Å². The van der Waals surface area contributed by atoms with Crippen LogP contribution in [0.1, 0.15) is 60.4 Å². The molecule has 3 aliphatic carbocycles. The fourth-order valence-electron chi connectivity index (χ4n) is 6.48. The lowest BCUT2D eigenvalue weighted by atomic mass is 9.58. The van der Waals surface area contributed by atoms with Crippen molar-refractivity contribution in [1.82, 2.24) is 10.1 Å². The van der Waals surface area contributed by atoms with Gasteiger partial charge in [0.1, 0.15) is 35.1 Å². The highest BCUT2D eigenvalue weighted by Crippen LogP contribution is 2.56. The van der Waals surface area contributed by atoms with Gasteiger partial charge in [-0.25, -0.2) is 9.18 Å². The summed E-state index contributed by atoms with van der Waals surface area (Å²) in [7, 11) is 3.38. The van der Waals surface area contributed by atoms with Crippen LogP contribution in [0.3, 0.4) is 0 Å². The zero-order valence-corrected chi connectivity index (χ0v) is 21.9. The van der Waals surface area contributed by atoms with Gasteiger partial charge in [0.25, 0.3) is 5.88 Å². The van der Waals surface area contributed by atoms with Crippen molar-refractivity contribution in [3.05, 3.63) is 87.1 Å². The second-order valence-corrected chi connectivity index (χ2v) is 10.8. The molecular weight excluding hydrogens is 539 g/mol. The van der Waals surface area contributed by atoms with E-state index >= 15 is 0 Å². The number of aliphatic hydroxyl groups is 2. The van der Waals surface area contributed by atoms with Crippen molar-refractivity contribution < 1.29 is 48.5 Å². The van der Waals surface area contributed by atoms with Crippen LogP contribution in [0.25, 0.3) is 0 Å². The fourth-order valence-corrected chi connectivity index (χ4v) is 6.48. The minimum absolute atomic E-state index is 0.000924. The maximum atomic E-state index is 14.6. The molecule has 0 saturated heterocycles. The number of aromatic nitrogens is 1. The summed E-state index contributed by atoms with van der Waals surface area (Å²) in [6.45, 7) is 0.0355.